The van der Waals surface area contributed by atoms with Crippen molar-refractivity contribution in [3.63, 3.8) is 0 Å². The monoisotopic (exact) mass is 305 g/mol. The number of aromatic nitrogens is 3. The molecule has 8 nitrogen and oxygen atoms in total. The van der Waals surface area contributed by atoms with E-state index in [-0.39, 0.29) is 16.9 Å². The minimum absolute atomic E-state index is 0.0413. The standard InChI is InChI=1S/C12H11N5O3S/c1-8-11(18)16(12(21-2)15-14-8)13-7-9-4-3-5-10(6-9)17(19)20/h3-7H,1-2H3/b13-7-. The number of rotatable bonds is 4. The molecule has 0 aliphatic carbocycles. The number of nitrogens with zero attached hydrogens (tertiary/aromatic N) is 5. The molecule has 1 aromatic carbocycles. The van der Waals surface area contributed by atoms with Gasteiger partial charge in [-0.25, -0.2) is 0 Å². The van der Waals surface area contributed by atoms with E-state index >= 15 is 0 Å². The first-order chi connectivity index (χ1) is 10.0. The van der Waals surface area contributed by atoms with Crippen molar-refractivity contribution in [1.82, 2.24) is 14.9 Å². The van der Waals surface area contributed by atoms with E-state index in [0.29, 0.717) is 10.7 Å². The lowest BCUT2D eigenvalue weighted by Crippen LogP contribution is -2.23. The third-order valence-electron chi connectivity index (χ3n) is 2.55. The average molecular weight is 305 g/mol. The number of thioether (sulfide) groups is 1. The number of hydrogen-bond acceptors (Lipinski definition) is 7. The van der Waals surface area contributed by atoms with Crippen molar-refractivity contribution >= 4 is 23.7 Å². The fraction of sp³-hybridized carbons (Fsp3) is 0.167. The molecule has 2 aromatic rings. The molecule has 0 N–H and O–H groups in total. The van der Waals surface area contributed by atoms with E-state index in [0.717, 1.165) is 4.68 Å². The van der Waals surface area contributed by atoms with Crippen LogP contribution in [0.5, 0.6) is 0 Å². The van der Waals surface area contributed by atoms with Crippen LogP contribution in [0.3, 0.4) is 0 Å². The molecule has 0 fully saturated rings. The number of hydrogen-bond donors (Lipinski definition) is 0. The van der Waals surface area contributed by atoms with Crippen molar-refractivity contribution in [2.75, 3.05) is 6.26 Å². The Kier molecular flexibility index (Phi) is 4.43. The van der Waals surface area contributed by atoms with Gasteiger partial charge >= 0.3 is 0 Å². The van der Waals surface area contributed by atoms with Gasteiger partial charge in [-0.3, -0.25) is 14.9 Å². The van der Waals surface area contributed by atoms with Crippen LogP contribution in [0.2, 0.25) is 0 Å². The first kappa shape index (κ1) is 14.9. The molecule has 1 aromatic heterocycles. The molecule has 9 heteroatoms. The normalized spacial score (nSPS) is 11.0. The topological polar surface area (TPSA) is 103 Å². The van der Waals surface area contributed by atoms with Crippen LogP contribution in [0.1, 0.15) is 11.3 Å². The molecule has 0 aliphatic rings. The molecule has 108 valence electrons. The van der Waals surface area contributed by atoms with Crippen molar-refractivity contribution in [3.8, 4) is 0 Å². The molecule has 0 amide bonds. The van der Waals surface area contributed by atoms with Gasteiger partial charge in [-0.05, 0) is 13.2 Å². The molecular weight excluding hydrogens is 294 g/mol. The summed E-state index contributed by atoms with van der Waals surface area (Å²) < 4.78 is 1.12. The van der Waals surface area contributed by atoms with Crippen LogP contribution in [0.15, 0.2) is 39.3 Å². The lowest BCUT2D eigenvalue weighted by Gasteiger charge is -2.03. The van der Waals surface area contributed by atoms with E-state index in [1.807, 2.05) is 0 Å². The lowest BCUT2D eigenvalue weighted by atomic mass is 10.2. The molecule has 2 rings (SSSR count). The maximum Gasteiger partial charge on any atom is 0.296 e. The first-order valence-electron chi connectivity index (χ1n) is 5.82. The second-order valence-corrected chi connectivity index (χ2v) is 4.76. The van der Waals surface area contributed by atoms with Crippen molar-refractivity contribution in [3.05, 3.63) is 56.0 Å². The highest BCUT2D eigenvalue weighted by Gasteiger charge is 2.08. The van der Waals surface area contributed by atoms with Gasteiger partial charge in [0.25, 0.3) is 11.2 Å². The van der Waals surface area contributed by atoms with Crippen LogP contribution in [0, 0.1) is 17.0 Å². The van der Waals surface area contributed by atoms with Crippen LogP contribution in [0.25, 0.3) is 0 Å². The predicted octanol–water partition coefficient (Wildman–Crippen LogP) is 1.46. The molecule has 0 saturated heterocycles. The fourth-order valence-corrected chi connectivity index (χ4v) is 1.94. The molecule has 21 heavy (non-hydrogen) atoms. The highest BCUT2D eigenvalue weighted by Crippen LogP contribution is 2.12. The molecule has 0 saturated carbocycles. The van der Waals surface area contributed by atoms with Crippen LogP contribution < -0.4 is 5.56 Å². The molecule has 1 heterocycles. The fourth-order valence-electron chi connectivity index (χ4n) is 1.52. The van der Waals surface area contributed by atoms with Crippen molar-refractivity contribution in [2.24, 2.45) is 5.10 Å². The SMILES string of the molecule is CSc1nnc(C)c(=O)n1/N=C\c1cccc([N+](=O)[O-])c1. The summed E-state index contributed by atoms with van der Waals surface area (Å²) in [4.78, 5) is 22.2. The molecule has 0 spiro atoms. The molecule has 0 aliphatic heterocycles. The zero-order valence-corrected chi connectivity index (χ0v) is 12.1. The first-order valence-corrected chi connectivity index (χ1v) is 7.04. The quantitative estimate of drug-likeness (QED) is 0.366. The van der Waals surface area contributed by atoms with Gasteiger partial charge < -0.3 is 0 Å². The van der Waals surface area contributed by atoms with Crippen LogP contribution >= 0.6 is 11.8 Å². The second kappa shape index (κ2) is 6.27. The van der Waals surface area contributed by atoms with E-state index in [4.69, 9.17) is 0 Å². The minimum atomic E-state index is -0.491. The summed E-state index contributed by atoms with van der Waals surface area (Å²) in [5.74, 6) is 0. The van der Waals surface area contributed by atoms with Gasteiger partial charge in [0.2, 0.25) is 5.16 Å². The van der Waals surface area contributed by atoms with Crippen LogP contribution in [0.4, 0.5) is 5.69 Å². The van der Waals surface area contributed by atoms with E-state index in [2.05, 4.69) is 15.3 Å². The summed E-state index contributed by atoms with van der Waals surface area (Å²) in [5, 5.41) is 22.7. The Morgan fingerprint density at radius 2 is 2.19 bits per heavy atom. The van der Waals surface area contributed by atoms with Gasteiger partial charge in [0.05, 0.1) is 11.1 Å². The van der Waals surface area contributed by atoms with E-state index < -0.39 is 4.92 Å². The Labute approximate surface area is 123 Å². The Morgan fingerprint density at radius 1 is 1.43 bits per heavy atom. The Balaban J connectivity index is 2.42. The second-order valence-electron chi connectivity index (χ2n) is 3.99. The smallest absolute Gasteiger partial charge is 0.265 e. The summed E-state index contributed by atoms with van der Waals surface area (Å²) in [7, 11) is 0. The summed E-state index contributed by atoms with van der Waals surface area (Å²) in [5.41, 5.74) is 0.318. The van der Waals surface area contributed by atoms with Crippen molar-refractivity contribution in [2.45, 2.75) is 12.1 Å². The summed E-state index contributed by atoms with van der Waals surface area (Å²) in [6.45, 7) is 1.54. The zero-order valence-electron chi connectivity index (χ0n) is 11.3. The summed E-state index contributed by atoms with van der Waals surface area (Å²) in [6.07, 6.45) is 3.12. The number of non-ortho nitro benzene ring substituents is 1. The zero-order chi connectivity index (χ0) is 15.4. The maximum absolute atomic E-state index is 12.0. The van der Waals surface area contributed by atoms with Gasteiger partial charge in [-0.15, -0.1) is 10.2 Å². The largest absolute Gasteiger partial charge is 0.296 e. The van der Waals surface area contributed by atoms with E-state index in [9.17, 15) is 14.9 Å². The number of nitro benzene ring substituents is 1. The predicted molar refractivity (Wildman–Crippen MR) is 78.9 cm³/mol. The number of benzene rings is 1. The third kappa shape index (κ3) is 3.31. The summed E-state index contributed by atoms with van der Waals surface area (Å²) in [6, 6.07) is 5.96. The van der Waals surface area contributed by atoms with E-state index in [1.165, 1.54) is 30.1 Å². The number of aryl methyl sites for hydroxylation is 1. The Morgan fingerprint density at radius 3 is 2.86 bits per heavy atom. The van der Waals surface area contributed by atoms with Gasteiger partial charge in [-0.2, -0.15) is 9.78 Å². The van der Waals surface area contributed by atoms with Gasteiger partial charge in [-0.1, -0.05) is 23.9 Å². The molecule has 0 atom stereocenters. The van der Waals surface area contributed by atoms with Crippen LogP contribution in [-0.2, 0) is 0 Å². The molecule has 0 bridgehead atoms. The van der Waals surface area contributed by atoms with Crippen molar-refractivity contribution < 1.29 is 4.92 Å². The molecule has 0 radical (unpaired) electrons. The van der Waals surface area contributed by atoms with Gasteiger partial charge in [0.15, 0.2) is 0 Å². The third-order valence-corrected chi connectivity index (χ3v) is 3.17. The lowest BCUT2D eigenvalue weighted by molar-refractivity contribution is -0.384. The minimum Gasteiger partial charge on any atom is -0.265 e. The highest BCUT2D eigenvalue weighted by atomic mass is 32.2. The molecular formula is C12H11N5O3S. The Bertz CT molecular complexity index is 772. The highest BCUT2D eigenvalue weighted by molar-refractivity contribution is 7.98. The van der Waals surface area contributed by atoms with Crippen LogP contribution in [-0.4, -0.2) is 32.3 Å². The van der Waals surface area contributed by atoms with Gasteiger partial charge in [0.1, 0.15) is 5.69 Å². The maximum atomic E-state index is 12.0. The summed E-state index contributed by atoms with van der Waals surface area (Å²) >= 11 is 1.23. The Hall–Kier alpha value is -2.55. The average Bonchev–Trinajstić information content (AvgIpc) is 2.49. The van der Waals surface area contributed by atoms with E-state index in [1.54, 1.807) is 25.3 Å². The van der Waals surface area contributed by atoms with Gasteiger partial charge in [0, 0.05) is 17.7 Å². The van der Waals surface area contributed by atoms with Crippen molar-refractivity contribution in [1.29, 1.82) is 0 Å². The number of nitro groups is 1. The molecule has 0 unspecified atom stereocenters.